The van der Waals surface area contributed by atoms with E-state index in [1.54, 1.807) is 6.20 Å². The molecule has 4 heteroatoms. The van der Waals surface area contributed by atoms with E-state index >= 15 is 0 Å². The van der Waals surface area contributed by atoms with Crippen molar-refractivity contribution in [3.8, 4) is 6.07 Å². The second-order valence-electron chi connectivity index (χ2n) is 2.25. The van der Waals surface area contributed by atoms with Crippen molar-refractivity contribution in [2.45, 2.75) is 6.54 Å². The lowest BCUT2D eigenvalue weighted by atomic mass is 10.3. The van der Waals surface area contributed by atoms with E-state index in [0.717, 1.165) is 10.2 Å². The van der Waals surface area contributed by atoms with E-state index in [2.05, 4.69) is 26.2 Å². The van der Waals surface area contributed by atoms with Crippen LogP contribution < -0.4 is 5.32 Å². The van der Waals surface area contributed by atoms with Gasteiger partial charge in [0.25, 0.3) is 0 Å². The topological polar surface area (TPSA) is 48.7 Å². The maximum Gasteiger partial charge on any atom is 0.106 e. The molecule has 0 bridgehead atoms. The predicted octanol–water partition coefficient (Wildman–Crippen LogP) is 1.46. The summed E-state index contributed by atoms with van der Waals surface area (Å²) in [5, 5.41) is 11.2. The van der Waals surface area contributed by atoms with Gasteiger partial charge in [-0.3, -0.25) is 0 Å². The van der Waals surface area contributed by atoms with Gasteiger partial charge in [0.2, 0.25) is 0 Å². The Morgan fingerprint density at radius 2 is 2.42 bits per heavy atom. The first-order valence-electron chi connectivity index (χ1n) is 3.51. The van der Waals surface area contributed by atoms with Crippen LogP contribution in [0.3, 0.4) is 0 Å². The lowest BCUT2D eigenvalue weighted by molar-refractivity contribution is 0.762. The molecule has 0 saturated heterocycles. The molecule has 12 heavy (non-hydrogen) atoms. The minimum atomic E-state index is 0.371. The molecular weight excluding hydrogens is 218 g/mol. The Bertz CT molecular complexity index is 275. The Hall–Kier alpha value is -0.920. The van der Waals surface area contributed by atoms with Gasteiger partial charge in [-0.05, 0) is 27.6 Å². The number of rotatable bonds is 3. The number of nitrogens with zero attached hydrogens (tertiary/aromatic N) is 2. The van der Waals surface area contributed by atoms with Gasteiger partial charge in [-0.1, -0.05) is 6.07 Å². The zero-order valence-corrected chi connectivity index (χ0v) is 8.00. The van der Waals surface area contributed by atoms with E-state index < -0.39 is 0 Å². The number of nitriles is 1. The molecule has 1 aromatic rings. The molecule has 0 atom stereocenters. The van der Waals surface area contributed by atoms with Gasteiger partial charge in [0.15, 0.2) is 0 Å². The summed E-state index contributed by atoms with van der Waals surface area (Å²) >= 11 is 3.24. The SMILES string of the molecule is N#CCNCc1ccc(Br)nc1. The van der Waals surface area contributed by atoms with E-state index in [-0.39, 0.29) is 0 Å². The fraction of sp³-hybridized carbons (Fsp3) is 0.250. The van der Waals surface area contributed by atoms with Gasteiger partial charge in [0.1, 0.15) is 4.60 Å². The van der Waals surface area contributed by atoms with Crippen LogP contribution in [0, 0.1) is 11.3 Å². The van der Waals surface area contributed by atoms with Crippen LogP contribution in [0.4, 0.5) is 0 Å². The third-order valence-electron chi connectivity index (χ3n) is 1.32. The molecule has 62 valence electrons. The normalized spacial score (nSPS) is 9.33. The molecule has 0 aliphatic carbocycles. The Labute approximate surface area is 79.6 Å². The molecule has 3 nitrogen and oxygen atoms in total. The maximum absolute atomic E-state index is 8.25. The molecule has 0 aliphatic heterocycles. The molecule has 1 aromatic heterocycles. The Balaban J connectivity index is 2.43. The highest BCUT2D eigenvalue weighted by Gasteiger charge is 1.91. The average Bonchev–Trinajstić information content (AvgIpc) is 2.09. The molecule has 1 heterocycles. The standard InChI is InChI=1S/C8H8BrN3/c9-8-2-1-7(6-12-8)5-11-4-3-10/h1-2,6,11H,4-5H2. The molecule has 0 aromatic carbocycles. The third kappa shape index (κ3) is 2.99. The van der Waals surface area contributed by atoms with Crippen molar-refractivity contribution in [1.29, 1.82) is 5.26 Å². The van der Waals surface area contributed by atoms with Crippen LogP contribution in [0.15, 0.2) is 22.9 Å². The number of hydrogen-bond donors (Lipinski definition) is 1. The summed E-state index contributed by atoms with van der Waals surface area (Å²) in [4.78, 5) is 4.05. The highest BCUT2D eigenvalue weighted by Crippen LogP contribution is 2.05. The van der Waals surface area contributed by atoms with Crippen LogP contribution in [0.25, 0.3) is 0 Å². The van der Waals surface area contributed by atoms with Gasteiger partial charge in [-0.2, -0.15) is 5.26 Å². The molecule has 0 saturated carbocycles. The van der Waals surface area contributed by atoms with E-state index in [0.29, 0.717) is 13.1 Å². The average molecular weight is 226 g/mol. The van der Waals surface area contributed by atoms with E-state index in [1.807, 2.05) is 18.2 Å². The summed E-state index contributed by atoms with van der Waals surface area (Å²) in [5.74, 6) is 0. The predicted molar refractivity (Wildman–Crippen MR) is 49.3 cm³/mol. The van der Waals surface area contributed by atoms with Gasteiger partial charge >= 0.3 is 0 Å². The second kappa shape index (κ2) is 4.86. The summed E-state index contributed by atoms with van der Waals surface area (Å²) in [7, 11) is 0. The molecular formula is C8H8BrN3. The van der Waals surface area contributed by atoms with Crippen molar-refractivity contribution in [3.63, 3.8) is 0 Å². The summed E-state index contributed by atoms with van der Waals surface area (Å²) in [6.45, 7) is 1.06. The minimum absolute atomic E-state index is 0.371. The van der Waals surface area contributed by atoms with Gasteiger partial charge in [-0.15, -0.1) is 0 Å². The number of hydrogen-bond acceptors (Lipinski definition) is 3. The first kappa shape index (κ1) is 9.17. The smallest absolute Gasteiger partial charge is 0.106 e. The van der Waals surface area contributed by atoms with Crippen LogP contribution in [0.1, 0.15) is 5.56 Å². The molecule has 0 fully saturated rings. The van der Waals surface area contributed by atoms with Crippen LogP contribution >= 0.6 is 15.9 Å². The van der Waals surface area contributed by atoms with E-state index in [1.165, 1.54) is 0 Å². The molecule has 0 unspecified atom stereocenters. The van der Waals surface area contributed by atoms with Crippen LogP contribution in [0.5, 0.6) is 0 Å². The van der Waals surface area contributed by atoms with Crippen LogP contribution in [-0.4, -0.2) is 11.5 Å². The molecule has 0 spiro atoms. The van der Waals surface area contributed by atoms with Crippen molar-refractivity contribution in [1.82, 2.24) is 10.3 Å². The molecule has 0 amide bonds. The first-order valence-corrected chi connectivity index (χ1v) is 4.30. The first-order chi connectivity index (χ1) is 5.83. The zero-order valence-electron chi connectivity index (χ0n) is 6.42. The molecule has 0 radical (unpaired) electrons. The fourth-order valence-corrected chi connectivity index (χ4v) is 1.01. The number of halogens is 1. The van der Waals surface area contributed by atoms with Crippen molar-refractivity contribution < 1.29 is 0 Å². The molecule has 1 rings (SSSR count). The lowest BCUT2D eigenvalue weighted by Gasteiger charge is -1.99. The van der Waals surface area contributed by atoms with Crippen molar-refractivity contribution in [3.05, 3.63) is 28.5 Å². The molecule has 0 aliphatic rings. The van der Waals surface area contributed by atoms with Crippen LogP contribution in [0.2, 0.25) is 0 Å². The van der Waals surface area contributed by atoms with Gasteiger partial charge < -0.3 is 5.32 Å². The monoisotopic (exact) mass is 225 g/mol. The van der Waals surface area contributed by atoms with Gasteiger partial charge in [0, 0.05) is 12.7 Å². The fourth-order valence-electron chi connectivity index (χ4n) is 0.774. The Morgan fingerprint density at radius 1 is 1.58 bits per heavy atom. The number of pyridine rings is 1. The quantitative estimate of drug-likeness (QED) is 0.482. The summed E-state index contributed by atoms with van der Waals surface area (Å²) in [5.41, 5.74) is 1.08. The second-order valence-corrected chi connectivity index (χ2v) is 3.06. The molecule has 1 N–H and O–H groups in total. The van der Waals surface area contributed by atoms with Crippen molar-refractivity contribution >= 4 is 15.9 Å². The highest BCUT2D eigenvalue weighted by atomic mass is 79.9. The van der Waals surface area contributed by atoms with E-state index in [9.17, 15) is 0 Å². The van der Waals surface area contributed by atoms with Gasteiger partial charge in [0.05, 0.1) is 12.6 Å². The van der Waals surface area contributed by atoms with Crippen molar-refractivity contribution in [2.75, 3.05) is 6.54 Å². The Morgan fingerprint density at radius 3 is 3.00 bits per heavy atom. The maximum atomic E-state index is 8.25. The number of aromatic nitrogens is 1. The summed E-state index contributed by atoms with van der Waals surface area (Å²) in [6.07, 6.45) is 1.77. The van der Waals surface area contributed by atoms with Gasteiger partial charge in [-0.25, -0.2) is 4.98 Å². The minimum Gasteiger partial charge on any atom is -0.300 e. The lowest BCUT2D eigenvalue weighted by Crippen LogP contribution is -2.12. The van der Waals surface area contributed by atoms with Crippen LogP contribution in [-0.2, 0) is 6.54 Å². The third-order valence-corrected chi connectivity index (χ3v) is 1.79. The Kier molecular flexibility index (Phi) is 3.71. The largest absolute Gasteiger partial charge is 0.300 e. The number of nitrogens with one attached hydrogen (secondary N) is 1. The summed E-state index contributed by atoms with van der Waals surface area (Å²) < 4.78 is 0.825. The summed E-state index contributed by atoms with van der Waals surface area (Å²) in [6, 6.07) is 5.85. The van der Waals surface area contributed by atoms with E-state index in [4.69, 9.17) is 5.26 Å². The van der Waals surface area contributed by atoms with Crippen molar-refractivity contribution in [2.24, 2.45) is 0 Å². The highest BCUT2D eigenvalue weighted by molar-refractivity contribution is 9.10. The zero-order chi connectivity index (χ0) is 8.81.